The Morgan fingerprint density at radius 1 is 1.12 bits per heavy atom. The fourth-order valence-electron chi connectivity index (χ4n) is 2.61. The number of benzene rings is 2. The van der Waals surface area contributed by atoms with Crippen molar-refractivity contribution >= 4 is 11.6 Å². The van der Waals surface area contributed by atoms with E-state index < -0.39 is 0 Å². The molecule has 2 N–H and O–H groups in total. The van der Waals surface area contributed by atoms with Gasteiger partial charge in [0.2, 0.25) is 5.91 Å². The number of para-hydroxylation sites is 1. The molecule has 0 spiro atoms. The molecular weight excluding hydrogens is 303 g/mol. The van der Waals surface area contributed by atoms with Crippen LogP contribution in [-0.4, -0.2) is 12.5 Å². The van der Waals surface area contributed by atoms with Crippen molar-refractivity contribution in [3.05, 3.63) is 65.0 Å². The van der Waals surface area contributed by atoms with Crippen molar-refractivity contribution < 1.29 is 9.18 Å². The molecule has 0 bridgehead atoms. The molecule has 128 valence electrons. The van der Waals surface area contributed by atoms with Crippen LogP contribution in [0.4, 0.5) is 10.1 Å². The van der Waals surface area contributed by atoms with Gasteiger partial charge in [0.15, 0.2) is 0 Å². The number of hydrogen-bond acceptors (Lipinski definition) is 2. The molecule has 0 atom stereocenters. The molecule has 0 aliphatic rings. The van der Waals surface area contributed by atoms with Gasteiger partial charge < -0.3 is 10.6 Å². The van der Waals surface area contributed by atoms with Gasteiger partial charge in [0.05, 0.1) is 0 Å². The van der Waals surface area contributed by atoms with E-state index in [0.29, 0.717) is 31.0 Å². The smallest absolute Gasteiger partial charge is 0.225 e. The molecule has 0 heterocycles. The molecule has 2 aromatic carbocycles. The van der Waals surface area contributed by atoms with Gasteiger partial charge in [-0.3, -0.25) is 4.79 Å². The predicted octanol–water partition coefficient (Wildman–Crippen LogP) is 4.38. The normalized spacial score (nSPS) is 10.9. The molecular formula is C20H25FN2O. The van der Waals surface area contributed by atoms with E-state index in [9.17, 15) is 9.18 Å². The minimum atomic E-state index is -0.226. The molecule has 0 aliphatic heterocycles. The van der Waals surface area contributed by atoms with Gasteiger partial charge in [-0.1, -0.05) is 50.2 Å². The van der Waals surface area contributed by atoms with Crippen molar-refractivity contribution in [2.45, 2.75) is 39.7 Å². The minimum absolute atomic E-state index is 0.0350. The number of carbonyl (C=O) groups excluding carboxylic acids is 1. The average Bonchev–Trinajstić information content (AvgIpc) is 2.54. The third kappa shape index (κ3) is 4.90. The first kappa shape index (κ1) is 18.1. The zero-order valence-corrected chi connectivity index (χ0v) is 14.5. The minimum Gasteiger partial charge on any atom is -0.326 e. The molecule has 0 radical (unpaired) electrons. The summed E-state index contributed by atoms with van der Waals surface area (Å²) in [5, 5.41) is 6.13. The highest BCUT2D eigenvalue weighted by Crippen LogP contribution is 2.27. The van der Waals surface area contributed by atoms with E-state index in [4.69, 9.17) is 0 Å². The van der Waals surface area contributed by atoms with Crippen LogP contribution in [0.3, 0.4) is 0 Å². The van der Waals surface area contributed by atoms with E-state index in [-0.39, 0.29) is 11.7 Å². The van der Waals surface area contributed by atoms with Crippen LogP contribution in [0.25, 0.3) is 0 Å². The third-order valence-electron chi connectivity index (χ3n) is 3.99. The summed E-state index contributed by atoms with van der Waals surface area (Å²) in [7, 11) is 0. The number of halogens is 1. The van der Waals surface area contributed by atoms with Gasteiger partial charge in [0, 0.05) is 30.8 Å². The molecule has 3 nitrogen and oxygen atoms in total. The summed E-state index contributed by atoms with van der Waals surface area (Å²) in [6, 6.07) is 12.7. The summed E-state index contributed by atoms with van der Waals surface area (Å²) >= 11 is 0. The standard InChI is InChI=1S/C20H25FN2O/c1-14(2)17-9-6-7-15(3)20(17)23-19(24)11-12-22-13-16-8-4-5-10-18(16)21/h4-10,14,22H,11-13H2,1-3H3,(H,23,24). The molecule has 0 unspecified atom stereocenters. The maximum Gasteiger partial charge on any atom is 0.225 e. The second-order valence-electron chi connectivity index (χ2n) is 6.26. The Kier molecular flexibility index (Phi) is 6.50. The van der Waals surface area contributed by atoms with Crippen LogP contribution in [0.5, 0.6) is 0 Å². The summed E-state index contributed by atoms with van der Waals surface area (Å²) in [6.45, 7) is 7.14. The number of anilines is 1. The second-order valence-corrected chi connectivity index (χ2v) is 6.26. The Hall–Kier alpha value is -2.20. The zero-order chi connectivity index (χ0) is 17.5. The van der Waals surface area contributed by atoms with Crippen LogP contribution in [0.1, 0.15) is 42.9 Å². The first-order chi connectivity index (χ1) is 11.5. The number of aryl methyl sites for hydroxylation is 1. The highest BCUT2D eigenvalue weighted by atomic mass is 19.1. The van der Waals surface area contributed by atoms with Gasteiger partial charge in [-0.2, -0.15) is 0 Å². The van der Waals surface area contributed by atoms with E-state index in [1.54, 1.807) is 18.2 Å². The maximum absolute atomic E-state index is 13.5. The summed E-state index contributed by atoms with van der Waals surface area (Å²) in [4.78, 5) is 12.2. The molecule has 2 rings (SSSR count). The Morgan fingerprint density at radius 3 is 2.58 bits per heavy atom. The lowest BCUT2D eigenvalue weighted by atomic mass is 9.98. The van der Waals surface area contributed by atoms with Gasteiger partial charge in [-0.25, -0.2) is 4.39 Å². The highest BCUT2D eigenvalue weighted by Gasteiger charge is 2.11. The lowest BCUT2D eigenvalue weighted by Crippen LogP contribution is -2.22. The Balaban J connectivity index is 1.85. The topological polar surface area (TPSA) is 41.1 Å². The van der Waals surface area contributed by atoms with Crippen molar-refractivity contribution in [3.63, 3.8) is 0 Å². The van der Waals surface area contributed by atoms with Crippen LogP contribution in [-0.2, 0) is 11.3 Å². The predicted molar refractivity (Wildman–Crippen MR) is 96.6 cm³/mol. The largest absolute Gasteiger partial charge is 0.326 e. The Morgan fingerprint density at radius 2 is 1.88 bits per heavy atom. The van der Waals surface area contributed by atoms with Gasteiger partial charge in [0.25, 0.3) is 0 Å². The number of nitrogens with one attached hydrogen (secondary N) is 2. The second kappa shape index (κ2) is 8.60. The summed E-state index contributed by atoms with van der Waals surface area (Å²) in [6.07, 6.45) is 0.348. The first-order valence-electron chi connectivity index (χ1n) is 8.32. The zero-order valence-electron chi connectivity index (χ0n) is 14.5. The molecule has 0 aromatic heterocycles. The molecule has 0 aliphatic carbocycles. The summed E-state index contributed by atoms with van der Waals surface area (Å²) in [5.41, 5.74) is 3.72. The number of carbonyl (C=O) groups is 1. The molecule has 4 heteroatoms. The summed E-state index contributed by atoms with van der Waals surface area (Å²) in [5.74, 6) is 0.0857. The van der Waals surface area contributed by atoms with Crippen LogP contribution >= 0.6 is 0 Å². The van der Waals surface area contributed by atoms with Gasteiger partial charge >= 0.3 is 0 Å². The first-order valence-corrected chi connectivity index (χ1v) is 8.32. The summed E-state index contributed by atoms with van der Waals surface area (Å²) < 4.78 is 13.5. The Labute approximate surface area is 143 Å². The fourth-order valence-corrected chi connectivity index (χ4v) is 2.61. The van der Waals surface area contributed by atoms with E-state index >= 15 is 0 Å². The van der Waals surface area contributed by atoms with Gasteiger partial charge in [0.1, 0.15) is 5.82 Å². The van der Waals surface area contributed by atoms with Gasteiger partial charge in [-0.05, 0) is 30.0 Å². The van der Waals surface area contributed by atoms with Crippen molar-refractivity contribution in [1.82, 2.24) is 5.32 Å². The number of hydrogen-bond donors (Lipinski definition) is 2. The Bertz CT molecular complexity index is 698. The highest BCUT2D eigenvalue weighted by molar-refractivity contribution is 5.92. The maximum atomic E-state index is 13.5. The number of amides is 1. The van der Waals surface area contributed by atoms with Gasteiger partial charge in [-0.15, -0.1) is 0 Å². The molecule has 0 saturated carbocycles. The lowest BCUT2D eigenvalue weighted by Gasteiger charge is -2.16. The molecule has 2 aromatic rings. The van der Waals surface area contributed by atoms with Crippen molar-refractivity contribution in [1.29, 1.82) is 0 Å². The van der Waals surface area contributed by atoms with Crippen molar-refractivity contribution in [2.75, 3.05) is 11.9 Å². The SMILES string of the molecule is Cc1cccc(C(C)C)c1NC(=O)CCNCc1ccccc1F. The third-order valence-corrected chi connectivity index (χ3v) is 3.99. The quantitative estimate of drug-likeness (QED) is 0.741. The van der Waals surface area contributed by atoms with Crippen LogP contribution in [0, 0.1) is 12.7 Å². The average molecular weight is 328 g/mol. The van der Waals surface area contributed by atoms with Crippen molar-refractivity contribution in [2.24, 2.45) is 0 Å². The van der Waals surface area contributed by atoms with E-state index in [1.165, 1.54) is 6.07 Å². The molecule has 0 saturated heterocycles. The monoisotopic (exact) mass is 328 g/mol. The van der Waals surface area contributed by atoms with E-state index in [1.807, 2.05) is 25.1 Å². The van der Waals surface area contributed by atoms with Crippen LogP contribution in [0.15, 0.2) is 42.5 Å². The number of rotatable bonds is 7. The van der Waals surface area contributed by atoms with Crippen LogP contribution < -0.4 is 10.6 Å². The van der Waals surface area contributed by atoms with Crippen LogP contribution in [0.2, 0.25) is 0 Å². The lowest BCUT2D eigenvalue weighted by molar-refractivity contribution is -0.116. The fraction of sp³-hybridized carbons (Fsp3) is 0.350. The van der Waals surface area contributed by atoms with E-state index in [0.717, 1.165) is 16.8 Å². The molecule has 1 amide bonds. The molecule has 0 fully saturated rings. The molecule has 24 heavy (non-hydrogen) atoms. The van der Waals surface area contributed by atoms with E-state index in [2.05, 4.69) is 24.5 Å². The van der Waals surface area contributed by atoms with Crippen molar-refractivity contribution in [3.8, 4) is 0 Å².